The number of nitrogens with zero attached hydrogens (tertiary/aromatic N) is 2. The van der Waals surface area contributed by atoms with E-state index in [0.29, 0.717) is 28.7 Å². The van der Waals surface area contributed by atoms with Crippen LogP contribution in [0.4, 0.5) is 0 Å². The van der Waals surface area contributed by atoms with Crippen LogP contribution in [0.2, 0.25) is 0 Å². The van der Waals surface area contributed by atoms with Gasteiger partial charge in [0.05, 0.1) is 18.2 Å². The van der Waals surface area contributed by atoms with Gasteiger partial charge in [-0.15, -0.1) is 0 Å². The van der Waals surface area contributed by atoms with Crippen LogP contribution in [0.3, 0.4) is 0 Å². The summed E-state index contributed by atoms with van der Waals surface area (Å²) in [6.07, 6.45) is 2.19. The molecule has 128 valence electrons. The lowest BCUT2D eigenvalue weighted by atomic mass is 10.2. The van der Waals surface area contributed by atoms with Crippen LogP contribution in [0, 0.1) is 4.77 Å². The van der Waals surface area contributed by atoms with E-state index in [0.717, 1.165) is 23.1 Å². The van der Waals surface area contributed by atoms with Crippen LogP contribution in [0.15, 0.2) is 22.7 Å². The van der Waals surface area contributed by atoms with E-state index in [9.17, 15) is 4.79 Å². The van der Waals surface area contributed by atoms with Crippen LogP contribution in [0.5, 0.6) is 5.75 Å². The summed E-state index contributed by atoms with van der Waals surface area (Å²) in [6, 6.07) is 5.78. The standard InChI is InChI=1S/C16H19BrN4O2S/c1-9(2)23-13-7-10(17)3-6-12(13)15(22)18-8-14-19-20-16(24)21(14)11-4-5-11/h3,6-7,9,11H,4-5,8H2,1-2H3,(H,18,22)(H,20,24). The largest absolute Gasteiger partial charge is 0.490 e. The van der Waals surface area contributed by atoms with Gasteiger partial charge in [0.2, 0.25) is 0 Å². The zero-order valence-electron chi connectivity index (χ0n) is 13.5. The van der Waals surface area contributed by atoms with E-state index >= 15 is 0 Å². The van der Waals surface area contributed by atoms with Gasteiger partial charge in [-0.2, -0.15) is 5.10 Å². The molecule has 1 fully saturated rings. The van der Waals surface area contributed by atoms with Crippen LogP contribution >= 0.6 is 28.1 Å². The van der Waals surface area contributed by atoms with Gasteiger partial charge in [-0.25, -0.2) is 0 Å². The number of H-pyrrole nitrogens is 1. The summed E-state index contributed by atoms with van der Waals surface area (Å²) in [6.45, 7) is 4.17. The maximum atomic E-state index is 12.6. The lowest BCUT2D eigenvalue weighted by molar-refractivity contribution is 0.0943. The molecule has 1 heterocycles. The number of carbonyl (C=O) groups is 1. The van der Waals surface area contributed by atoms with E-state index in [4.69, 9.17) is 17.0 Å². The van der Waals surface area contributed by atoms with Gasteiger partial charge in [0.25, 0.3) is 5.91 Å². The van der Waals surface area contributed by atoms with Crippen molar-refractivity contribution in [2.24, 2.45) is 0 Å². The summed E-state index contributed by atoms with van der Waals surface area (Å²) < 4.78 is 9.20. The zero-order valence-corrected chi connectivity index (χ0v) is 15.9. The molecule has 0 saturated heterocycles. The number of carbonyl (C=O) groups excluding carboxylic acids is 1. The molecule has 1 aromatic carbocycles. The van der Waals surface area contributed by atoms with E-state index in [-0.39, 0.29) is 12.0 Å². The van der Waals surface area contributed by atoms with Gasteiger partial charge in [-0.3, -0.25) is 14.5 Å². The number of hydrogen-bond donors (Lipinski definition) is 2. The molecular formula is C16H19BrN4O2S. The monoisotopic (exact) mass is 410 g/mol. The summed E-state index contributed by atoms with van der Waals surface area (Å²) in [5, 5.41) is 9.92. The molecule has 3 rings (SSSR count). The SMILES string of the molecule is CC(C)Oc1cc(Br)ccc1C(=O)NCc1n[nH]c(=S)n1C1CC1. The molecule has 1 aliphatic carbocycles. The second kappa shape index (κ2) is 7.06. The second-order valence-corrected chi connectivity index (χ2v) is 7.34. The average Bonchev–Trinajstić information content (AvgIpc) is 3.28. The minimum absolute atomic E-state index is 0.0167. The summed E-state index contributed by atoms with van der Waals surface area (Å²) in [4.78, 5) is 12.6. The molecule has 0 radical (unpaired) electrons. The first-order valence-electron chi connectivity index (χ1n) is 7.86. The Kier molecular flexibility index (Phi) is 5.05. The van der Waals surface area contributed by atoms with Crippen molar-refractivity contribution in [1.29, 1.82) is 0 Å². The van der Waals surface area contributed by atoms with Gasteiger partial charge in [-0.05, 0) is 57.1 Å². The highest BCUT2D eigenvalue weighted by Gasteiger charge is 2.27. The fraction of sp³-hybridized carbons (Fsp3) is 0.438. The van der Waals surface area contributed by atoms with Crippen LogP contribution in [0.25, 0.3) is 0 Å². The van der Waals surface area contributed by atoms with Gasteiger partial charge >= 0.3 is 0 Å². The second-order valence-electron chi connectivity index (χ2n) is 6.04. The lowest BCUT2D eigenvalue weighted by Gasteiger charge is -2.14. The van der Waals surface area contributed by atoms with Crippen molar-refractivity contribution >= 4 is 34.1 Å². The maximum Gasteiger partial charge on any atom is 0.255 e. The first-order valence-corrected chi connectivity index (χ1v) is 9.06. The van der Waals surface area contributed by atoms with E-state index < -0.39 is 0 Å². The van der Waals surface area contributed by atoms with Gasteiger partial charge in [0.15, 0.2) is 10.6 Å². The molecule has 24 heavy (non-hydrogen) atoms. The van der Waals surface area contributed by atoms with Crippen molar-refractivity contribution in [3.8, 4) is 5.75 Å². The Morgan fingerprint density at radius 3 is 2.96 bits per heavy atom. The van der Waals surface area contributed by atoms with Crippen molar-refractivity contribution in [3.05, 3.63) is 38.8 Å². The average molecular weight is 411 g/mol. The normalized spacial score (nSPS) is 14.0. The lowest BCUT2D eigenvalue weighted by Crippen LogP contribution is -2.25. The number of nitrogens with one attached hydrogen (secondary N) is 2. The Balaban J connectivity index is 1.75. The molecule has 0 spiro atoms. The number of rotatable bonds is 6. The third-order valence-corrected chi connectivity index (χ3v) is 4.43. The fourth-order valence-corrected chi connectivity index (χ4v) is 3.10. The quantitative estimate of drug-likeness (QED) is 0.711. The Hall–Kier alpha value is -1.67. The highest BCUT2D eigenvalue weighted by Crippen LogP contribution is 2.35. The summed E-state index contributed by atoms with van der Waals surface area (Å²) in [7, 11) is 0. The predicted octanol–water partition coefficient (Wildman–Crippen LogP) is 3.76. The fourth-order valence-electron chi connectivity index (χ4n) is 2.46. The number of aromatic nitrogens is 3. The smallest absolute Gasteiger partial charge is 0.255 e. The molecule has 1 aromatic heterocycles. The summed E-state index contributed by atoms with van der Waals surface area (Å²) in [5.41, 5.74) is 0.499. The van der Waals surface area contributed by atoms with Crippen molar-refractivity contribution < 1.29 is 9.53 Å². The van der Waals surface area contributed by atoms with Crippen molar-refractivity contribution in [1.82, 2.24) is 20.1 Å². The van der Waals surface area contributed by atoms with Crippen molar-refractivity contribution in [3.63, 3.8) is 0 Å². The van der Waals surface area contributed by atoms with Gasteiger partial charge in [0, 0.05) is 10.5 Å². The molecule has 0 unspecified atom stereocenters. The van der Waals surface area contributed by atoms with Crippen LogP contribution < -0.4 is 10.1 Å². The minimum atomic E-state index is -0.200. The molecule has 1 aliphatic rings. The molecule has 1 saturated carbocycles. The first kappa shape index (κ1) is 17.2. The van der Waals surface area contributed by atoms with Gasteiger partial charge in [-0.1, -0.05) is 15.9 Å². The molecule has 0 aliphatic heterocycles. The number of ether oxygens (including phenoxy) is 1. The number of amides is 1. The van der Waals surface area contributed by atoms with E-state index in [1.54, 1.807) is 12.1 Å². The van der Waals surface area contributed by atoms with Gasteiger partial charge < -0.3 is 10.1 Å². The predicted molar refractivity (Wildman–Crippen MR) is 96.8 cm³/mol. The maximum absolute atomic E-state index is 12.6. The highest BCUT2D eigenvalue weighted by molar-refractivity contribution is 9.10. The van der Waals surface area contributed by atoms with E-state index in [2.05, 4.69) is 31.4 Å². The van der Waals surface area contributed by atoms with Crippen LogP contribution in [-0.4, -0.2) is 26.8 Å². The van der Waals surface area contributed by atoms with Crippen molar-refractivity contribution in [2.75, 3.05) is 0 Å². The number of benzene rings is 1. The Morgan fingerprint density at radius 2 is 2.29 bits per heavy atom. The molecule has 2 N–H and O–H groups in total. The third kappa shape index (κ3) is 3.87. The molecule has 6 nitrogen and oxygen atoms in total. The number of aromatic amines is 1. The molecule has 0 bridgehead atoms. The van der Waals surface area contributed by atoms with Gasteiger partial charge in [0.1, 0.15) is 5.75 Å². The van der Waals surface area contributed by atoms with Crippen LogP contribution in [0.1, 0.15) is 48.9 Å². The minimum Gasteiger partial charge on any atom is -0.490 e. The first-order chi connectivity index (χ1) is 11.5. The van der Waals surface area contributed by atoms with E-state index in [1.807, 2.05) is 24.5 Å². The Labute approximate surface area is 153 Å². The number of halogens is 1. The zero-order chi connectivity index (χ0) is 17.3. The summed E-state index contributed by atoms with van der Waals surface area (Å²) in [5.74, 6) is 1.10. The topological polar surface area (TPSA) is 71.9 Å². The van der Waals surface area contributed by atoms with Crippen LogP contribution in [-0.2, 0) is 6.54 Å². The third-order valence-electron chi connectivity index (χ3n) is 3.65. The Bertz CT molecular complexity index is 811. The summed E-state index contributed by atoms with van der Waals surface area (Å²) >= 11 is 8.66. The van der Waals surface area contributed by atoms with E-state index in [1.165, 1.54) is 0 Å². The number of hydrogen-bond acceptors (Lipinski definition) is 4. The molecule has 0 atom stereocenters. The van der Waals surface area contributed by atoms with Crippen molar-refractivity contribution in [2.45, 2.75) is 45.4 Å². The Morgan fingerprint density at radius 1 is 1.54 bits per heavy atom. The highest BCUT2D eigenvalue weighted by atomic mass is 79.9. The molecule has 2 aromatic rings. The molecule has 1 amide bonds. The molecular weight excluding hydrogens is 392 g/mol. The molecule has 8 heteroatoms.